The lowest BCUT2D eigenvalue weighted by atomic mass is 9.95. The van der Waals surface area contributed by atoms with Gasteiger partial charge in [0.25, 0.3) is 5.91 Å². The lowest BCUT2D eigenvalue weighted by Crippen LogP contribution is -2.42. The number of benzene rings is 1. The summed E-state index contributed by atoms with van der Waals surface area (Å²) < 4.78 is 0. The number of carbonyl (C=O) groups excluding carboxylic acids is 1. The molecule has 3 rings (SSSR count). The van der Waals surface area contributed by atoms with Crippen LogP contribution in [-0.4, -0.2) is 28.0 Å². The normalized spacial score (nSPS) is 21.8. The molecule has 2 atom stereocenters. The Labute approximate surface area is 135 Å². The summed E-state index contributed by atoms with van der Waals surface area (Å²) >= 11 is 0. The molecule has 2 aromatic rings. The van der Waals surface area contributed by atoms with Crippen molar-refractivity contribution in [2.24, 2.45) is 5.92 Å². The molecule has 1 amide bonds. The van der Waals surface area contributed by atoms with E-state index >= 15 is 0 Å². The van der Waals surface area contributed by atoms with Crippen LogP contribution in [0.25, 0.3) is 10.9 Å². The molecule has 0 saturated heterocycles. The van der Waals surface area contributed by atoms with Gasteiger partial charge in [0.2, 0.25) is 0 Å². The van der Waals surface area contributed by atoms with E-state index < -0.39 is 11.9 Å². The SMILES string of the molecule is Cc1ccc2cc(C(=O)N[C@H]3CCCCC[C@H]3C(=O)O)[nH]c2c1. The maximum Gasteiger partial charge on any atom is 0.308 e. The molecule has 1 aliphatic rings. The second-order valence-corrected chi connectivity index (χ2v) is 6.44. The van der Waals surface area contributed by atoms with Crippen LogP contribution < -0.4 is 5.32 Å². The quantitative estimate of drug-likeness (QED) is 0.761. The topological polar surface area (TPSA) is 82.2 Å². The third kappa shape index (κ3) is 3.38. The Hall–Kier alpha value is -2.30. The number of aliphatic carboxylic acids is 1. The van der Waals surface area contributed by atoms with Crippen molar-refractivity contribution in [3.63, 3.8) is 0 Å². The first-order chi connectivity index (χ1) is 11.0. The van der Waals surface area contributed by atoms with E-state index in [-0.39, 0.29) is 11.9 Å². The zero-order chi connectivity index (χ0) is 16.4. The van der Waals surface area contributed by atoms with Crippen molar-refractivity contribution in [1.29, 1.82) is 0 Å². The largest absolute Gasteiger partial charge is 0.481 e. The number of nitrogens with one attached hydrogen (secondary N) is 2. The van der Waals surface area contributed by atoms with Crippen molar-refractivity contribution in [3.05, 3.63) is 35.5 Å². The number of hydrogen-bond donors (Lipinski definition) is 3. The van der Waals surface area contributed by atoms with E-state index in [1.165, 1.54) is 0 Å². The second kappa shape index (κ2) is 6.44. The summed E-state index contributed by atoms with van der Waals surface area (Å²) in [5.74, 6) is -1.53. The molecule has 0 unspecified atom stereocenters. The van der Waals surface area contributed by atoms with Gasteiger partial charge in [-0.3, -0.25) is 9.59 Å². The molecule has 5 heteroatoms. The number of aryl methyl sites for hydroxylation is 1. The Morgan fingerprint density at radius 1 is 1.17 bits per heavy atom. The van der Waals surface area contributed by atoms with Crippen LogP contribution in [-0.2, 0) is 4.79 Å². The number of carboxylic acids is 1. The van der Waals surface area contributed by atoms with Gasteiger partial charge < -0.3 is 15.4 Å². The third-order valence-corrected chi connectivity index (χ3v) is 4.67. The van der Waals surface area contributed by atoms with Crippen LogP contribution in [0.15, 0.2) is 24.3 Å². The Kier molecular flexibility index (Phi) is 4.37. The molecule has 0 spiro atoms. The molecule has 1 aromatic heterocycles. The van der Waals surface area contributed by atoms with Gasteiger partial charge in [-0.1, -0.05) is 31.4 Å². The van der Waals surface area contributed by atoms with E-state index in [0.717, 1.165) is 42.1 Å². The van der Waals surface area contributed by atoms with Crippen molar-refractivity contribution >= 4 is 22.8 Å². The number of rotatable bonds is 3. The number of aromatic amines is 1. The van der Waals surface area contributed by atoms with Gasteiger partial charge in [0.15, 0.2) is 0 Å². The standard InChI is InChI=1S/C18H22N2O3/c1-11-7-8-12-10-16(19-15(12)9-11)17(21)20-14-6-4-2-3-5-13(14)18(22)23/h7-10,13-14,19H,2-6H2,1H3,(H,20,21)(H,22,23)/t13-,14+/m1/s1. The number of aromatic nitrogens is 1. The average molecular weight is 314 g/mol. The van der Waals surface area contributed by atoms with Crippen LogP contribution in [0.1, 0.15) is 48.2 Å². The summed E-state index contributed by atoms with van der Waals surface area (Å²) in [6.45, 7) is 2.00. The molecular weight excluding hydrogens is 292 g/mol. The molecular formula is C18H22N2O3. The minimum atomic E-state index is -0.815. The summed E-state index contributed by atoms with van der Waals surface area (Å²) in [6, 6.07) is 7.50. The first-order valence-corrected chi connectivity index (χ1v) is 8.17. The monoisotopic (exact) mass is 314 g/mol. The number of carbonyl (C=O) groups is 2. The fraction of sp³-hybridized carbons (Fsp3) is 0.444. The molecule has 0 aliphatic heterocycles. The van der Waals surface area contributed by atoms with Crippen molar-refractivity contribution in [1.82, 2.24) is 10.3 Å². The Bertz CT molecular complexity index is 735. The summed E-state index contributed by atoms with van der Waals surface area (Å²) in [6.07, 6.45) is 4.26. The van der Waals surface area contributed by atoms with Crippen LogP contribution in [0.2, 0.25) is 0 Å². The van der Waals surface area contributed by atoms with Crippen molar-refractivity contribution in [2.45, 2.75) is 45.1 Å². The van der Waals surface area contributed by atoms with Gasteiger partial charge in [0.1, 0.15) is 5.69 Å². The molecule has 0 bridgehead atoms. The van der Waals surface area contributed by atoms with Crippen LogP contribution in [0.3, 0.4) is 0 Å². The third-order valence-electron chi connectivity index (χ3n) is 4.67. The summed E-state index contributed by atoms with van der Waals surface area (Å²) in [5, 5.41) is 13.3. The van der Waals surface area contributed by atoms with E-state index in [4.69, 9.17) is 0 Å². The molecule has 1 aliphatic carbocycles. The molecule has 5 nitrogen and oxygen atoms in total. The first-order valence-electron chi connectivity index (χ1n) is 8.17. The van der Waals surface area contributed by atoms with Gasteiger partial charge in [-0.2, -0.15) is 0 Å². The number of H-pyrrole nitrogens is 1. The fourth-order valence-corrected chi connectivity index (χ4v) is 3.39. The average Bonchev–Trinajstić information content (AvgIpc) is 2.78. The minimum absolute atomic E-state index is 0.225. The summed E-state index contributed by atoms with van der Waals surface area (Å²) in [4.78, 5) is 27.1. The van der Waals surface area contributed by atoms with E-state index in [0.29, 0.717) is 12.1 Å². The number of fused-ring (bicyclic) bond motifs is 1. The van der Waals surface area contributed by atoms with Gasteiger partial charge in [0.05, 0.1) is 5.92 Å². The number of amides is 1. The van der Waals surface area contributed by atoms with Crippen LogP contribution in [0.5, 0.6) is 0 Å². The van der Waals surface area contributed by atoms with Gasteiger partial charge in [-0.25, -0.2) is 0 Å². The smallest absolute Gasteiger partial charge is 0.308 e. The molecule has 122 valence electrons. The maximum absolute atomic E-state index is 12.5. The lowest BCUT2D eigenvalue weighted by Gasteiger charge is -2.22. The summed E-state index contributed by atoms with van der Waals surface area (Å²) in [7, 11) is 0. The van der Waals surface area contributed by atoms with Gasteiger partial charge in [0, 0.05) is 16.9 Å². The van der Waals surface area contributed by atoms with Crippen LogP contribution >= 0.6 is 0 Å². The highest BCUT2D eigenvalue weighted by atomic mass is 16.4. The number of carboxylic acid groups (broad SMARTS) is 1. The highest BCUT2D eigenvalue weighted by Crippen LogP contribution is 2.24. The zero-order valence-electron chi connectivity index (χ0n) is 13.3. The molecule has 1 aromatic carbocycles. The second-order valence-electron chi connectivity index (χ2n) is 6.44. The van der Waals surface area contributed by atoms with Gasteiger partial charge >= 0.3 is 5.97 Å². The fourth-order valence-electron chi connectivity index (χ4n) is 3.39. The molecule has 1 saturated carbocycles. The van der Waals surface area contributed by atoms with E-state index in [1.807, 2.05) is 31.2 Å². The number of hydrogen-bond acceptors (Lipinski definition) is 2. The molecule has 0 radical (unpaired) electrons. The van der Waals surface area contributed by atoms with Crippen molar-refractivity contribution < 1.29 is 14.7 Å². The highest BCUT2D eigenvalue weighted by molar-refractivity contribution is 5.98. The zero-order valence-corrected chi connectivity index (χ0v) is 13.3. The maximum atomic E-state index is 12.5. The Morgan fingerprint density at radius 2 is 1.96 bits per heavy atom. The Morgan fingerprint density at radius 3 is 2.74 bits per heavy atom. The highest BCUT2D eigenvalue weighted by Gasteiger charge is 2.31. The predicted octanol–water partition coefficient (Wildman–Crippen LogP) is 3.24. The van der Waals surface area contributed by atoms with Crippen molar-refractivity contribution in [3.8, 4) is 0 Å². The summed E-state index contributed by atoms with van der Waals surface area (Å²) in [5.41, 5.74) is 2.53. The molecule has 1 heterocycles. The van der Waals surface area contributed by atoms with Gasteiger partial charge in [-0.05, 0) is 37.5 Å². The van der Waals surface area contributed by atoms with Gasteiger partial charge in [-0.15, -0.1) is 0 Å². The lowest BCUT2D eigenvalue weighted by molar-refractivity contribution is -0.142. The van der Waals surface area contributed by atoms with Crippen LogP contribution in [0, 0.1) is 12.8 Å². The van der Waals surface area contributed by atoms with Crippen LogP contribution in [0.4, 0.5) is 0 Å². The predicted molar refractivity (Wildman–Crippen MR) is 88.5 cm³/mol. The first kappa shape index (κ1) is 15.6. The van der Waals surface area contributed by atoms with E-state index in [2.05, 4.69) is 10.3 Å². The van der Waals surface area contributed by atoms with E-state index in [1.54, 1.807) is 0 Å². The Balaban J connectivity index is 1.79. The molecule has 1 fully saturated rings. The minimum Gasteiger partial charge on any atom is -0.481 e. The molecule has 23 heavy (non-hydrogen) atoms. The van der Waals surface area contributed by atoms with E-state index in [9.17, 15) is 14.7 Å². The molecule has 3 N–H and O–H groups in total. The van der Waals surface area contributed by atoms with Crippen molar-refractivity contribution in [2.75, 3.05) is 0 Å².